The number of nitrogens with zero attached hydrogens (tertiary/aromatic N) is 3. The molecule has 1 aliphatic heterocycles. The van der Waals surface area contributed by atoms with Crippen LogP contribution < -0.4 is 5.32 Å². The molecule has 0 atom stereocenters. The van der Waals surface area contributed by atoms with E-state index in [2.05, 4.69) is 5.10 Å². The number of nitrogens with one attached hydrogen (secondary N) is 1. The van der Waals surface area contributed by atoms with Crippen LogP contribution in [0.15, 0.2) is 23.3 Å². The van der Waals surface area contributed by atoms with Crippen LogP contribution in [0.4, 0.5) is 10.5 Å². The minimum Gasteiger partial charge on any atom is -0.507 e. The van der Waals surface area contributed by atoms with Gasteiger partial charge >= 0.3 is 6.03 Å². The van der Waals surface area contributed by atoms with Crippen LogP contribution in [0.3, 0.4) is 0 Å². The van der Waals surface area contributed by atoms with Gasteiger partial charge in [-0.25, -0.2) is 9.80 Å². The van der Waals surface area contributed by atoms with Crippen molar-refractivity contribution in [3.8, 4) is 5.75 Å². The standard InChI is InChI=1S/C10H8N4O5/c15-8-2-1-7(14(18)19)3-6(8)4-11-13-5-9(16)12-10(13)17/h1-4,15H,5H2,(H,12,16,17)/b11-4+. The number of hydrazone groups is 1. The molecule has 1 heterocycles. The highest BCUT2D eigenvalue weighted by molar-refractivity contribution is 6.02. The van der Waals surface area contributed by atoms with Gasteiger partial charge in [0.25, 0.3) is 5.69 Å². The molecule has 0 spiro atoms. The van der Waals surface area contributed by atoms with E-state index in [0.29, 0.717) is 0 Å². The number of hydrogen-bond donors (Lipinski definition) is 2. The fraction of sp³-hybridized carbons (Fsp3) is 0.100. The van der Waals surface area contributed by atoms with Crippen LogP contribution in [0.25, 0.3) is 0 Å². The number of nitro groups is 1. The monoisotopic (exact) mass is 264 g/mol. The zero-order chi connectivity index (χ0) is 14.0. The van der Waals surface area contributed by atoms with Crippen molar-refractivity contribution in [2.24, 2.45) is 5.10 Å². The van der Waals surface area contributed by atoms with Gasteiger partial charge in [-0.1, -0.05) is 0 Å². The topological polar surface area (TPSA) is 125 Å². The van der Waals surface area contributed by atoms with Gasteiger partial charge in [0.15, 0.2) is 0 Å². The van der Waals surface area contributed by atoms with Crippen molar-refractivity contribution in [1.29, 1.82) is 0 Å². The predicted octanol–water partition coefficient (Wildman–Crippen LogP) is 0.186. The first-order valence-electron chi connectivity index (χ1n) is 5.10. The van der Waals surface area contributed by atoms with Gasteiger partial charge in [0.2, 0.25) is 5.91 Å². The fourth-order valence-electron chi connectivity index (χ4n) is 1.42. The van der Waals surface area contributed by atoms with Crippen LogP contribution in [0.5, 0.6) is 5.75 Å². The Bertz CT molecular complexity index is 598. The third kappa shape index (κ3) is 2.65. The van der Waals surface area contributed by atoms with Crippen LogP contribution in [0.1, 0.15) is 5.56 Å². The van der Waals surface area contributed by atoms with Crippen LogP contribution in [-0.2, 0) is 4.79 Å². The van der Waals surface area contributed by atoms with E-state index in [1.54, 1.807) is 0 Å². The molecule has 2 N–H and O–H groups in total. The number of benzene rings is 1. The van der Waals surface area contributed by atoms with Gasteiger partial charge < -0.3 is 5.11 Å². The van der Waals surface area contributed by atoms with E-state index in [1.807, 2.05) is 5.32 Å². The second-order valence-electron chi connectivity index (χ2n) is 3.66. The van der Waals surface area contributed by atoms with Crippen LogP contribution >= 0.6 is 0 Å². The number of urea groups is 1. The number of amides is 3. The molecule has 3 amide bonds. The maximum atomic E-state index is 11.2. The van der Waals surface area contributed by atoms with Crippen LogP contribution in [0, 0.1) is 10.1 Å². The molecular weight excluding hydrogens is 256 g/mol. The van der Waals surface area contributed by atoms with Gasteiger partial charge in [-0.15, -0.1) is 0 Å². The number of phenolic OH excluding ortho intramolecular Hbond substituents is 1. The molecule has 0 unspecified atom stereocenters. The maximum absolute atomic E-state index is 11.2. The Balaban J connectivity index is 2.23. The highest BCUT2D eigenvalue weighted by Crippen LogP contribution is 2.21. The molecule has 19 heavy (non-hydrogen) atoms. The smallest absolute Gasteiger partial charge is 0.344 e. The number of phenols is 1. The van der Waals surface area contributed by atoms with Gasteiger partial charge in [0, 0.05) is 17.7 Å². The molecule has 9 nitrogen and oxygen atoms in total. The number of non-ortho nitro benzene ring substituents is 1. The number of aromatic hydroxyl groups is 1. The number of carbonyl (C=O) groups excluding carboxylic acids is 2. The van der Waals surface area contributed by atoms with Gasteiger partial charge in [0.1, 0.15) is 12.3 Å². The summed E-state index contributed by atoms with van der Waals surface area (Å²) in [5.74, 6) is -0.717. The molecule has 0 saturated carbocycles. The first kappa shape index (κ1) is 12.5. The molecule has 0 radical (unpaired) electrons. The number of nitro benzene ring substituents is 1. The largest absolute Gasteiger partial charge is 0.507 e. The minimum absolute atomic E-state index is 0.0707. The summed E-state index contributed by atoms with van der Waals surface area (Å²) in [7, 11) is 0. The van der Waals surface area contributed by atoms with Crippen molar-refractivity contribution >= 4 is 23.8 Å². The number of imide groups is 1. The number of carbonyl (C=O) groups is 2. The molecule has 0 aliphatic carbocycles. The average molecular weight is 264 g/mol. The molecule has 98 valence electrons. The van der Waals surface area contributed by atoms with E-state index in [-0.39, 0.29) is 23.5 Å². The summed E-state index contributed by atoms with van der Waals surface area (Å²) >= 11 is 0. The fourth-order valence-corrected chi connectivity index (χ4v) is 1.42. The highest BCUT2D eigenvalue weighted by atomic mass is 16.6. The Kier molecular flexibility index (Phi) is 3.10. The number of rotatable bonds is 3. The van der Waals surface area contributed by atoms with Crippen molar-refractivity contribution in [2.45, 2.75) is 0 Å². The first-order chi connectivity index (χ1) is 8.97. The lowest BCUT2D eigenvalue weighted by Crippen LogP contribution is -2.24. The Morgan fingerprint density at radius 3 is 2.79 bits per heavy atom. The van der Waals surface area contributed by atoms with E-state index < -0.39 is 16.9 Å². The Hall–Kier alpha value is -2.97. The number of hydrogen-bond acceptors (Lipinski definition) is 6. The summed E-state index contributed by atoms with van der Waals surface area (Å²) in [5.41, 5.74) is -0.150. The average Bonchev–Trinajstić information content (AvgIpc) is 2.66. The summed E-state index contributed by atoms with van der Waals surface area (Å²) in [6.07, 6.45) is 1.07. The SMILES string of the molecule is O=C1CN(/N=C/c2cc([N+](=O)[O-])ccc2O)C(=O)N1. The summed E-state index contributed by atoms with van der Waals surface area (Å²) in [6, 6.07) is 2.70. The minimum atomic E-state index is -0.689. The zero-order valence-electron chi connectivity index (χ0n) is 9.44. The summed E-state index contributed by atoms with van der Waals surface area (Å²) in [4.78, 5) is 32.0. The maximum Gasteiger partial charge on any atom is 0.344 e. The van der Waals surface area contributed by atoms with Crippen LogP contribution in [-0.4, -0.2) is 39.7 Å². The van der Waals surface area contributed by atoms with E-state index in [0.717, 1.165) is 29.4 Å². The zero-order valence-corrected chi connectivity index (χ0v) is 9.44. The highest BCUT2D eigenvalue weighted by Gasteiger charge is 2.26. The molecule has 1 aromatic rings. The summed E-state index contributed by atoms with van der Waals surface area (Å²) in [5, 5.41) is 26.6. The van der Waals surface area contributed by atoms with Gasteiger partial charge in [0.05, 0.1) is 11.1 Å². The molecular formula is C10H8N4O5. The third-order valence-electron chi connectivity index (χ3n) is 2.33. The third-order valence-corrected chi connectivity index (χ3v) is 2.33. The summed E-state index contributed by atoms with van der Waals surface area (Å²) in [6.45, 7) is -0.231. The molecule has 1 fully saturated rings. The predicted molar refractivity (Wildman–Crippen MR) is 62.6 cm³/mol. The van der Waals surface area contributed by atoms with Gasteiger partial charge in [-0.05, 0) is 6.07 Å². The van der Waals surface area contributed by atoms with Crippen molar-refractivity contribution in [3.63, 3.8) is 0 Å². The van der Waals surface area contributed by atoms with Gasteiger partial charge in [-0.3, -0.25) is 20.2 Å². The molecule has 0 aromatic heterocycles. The second kappa shape index (κ2) is 4.72. The van der Waals surface area contributed by atoms with E-state index in [1.165, 1.54) is 0 Å². The molecule has 2 rings (SSSR count). The molecule has 1 saturated heterocycles. The van der Waals surface area contributed by atoms with Crippen molar-refractivity contribution in [1.82, 2.24) is 10.3 Å². The van der Waals surface area contributed by atoms with Crippen LogP contribution in [0.2, 0.25) is 0 Å². The first-order valence-corrected chi connectivity index (χ1v) is 5.10. The van der Waals surface area contributed by atoms with Crippen molar-refractivity contribution in [3.05, 3.63) is 33.9 Å². The molecule has 1 aliphatic rings. The van der Waals surface area contributed by atoms with E-state index in [9.17, 15) is 24.8 Å². The van der Waals surface area contributed by atoms with Crippen molar-refractivity contribution in [2.75, 3.05) is 6.54 Å². The van der Waals surface area contributed by atoms with Crippen molar-refractivity contribution < 1.29 is 19.6 Å². The van der Waals surface area contributed by atoms with E-state index >= 15 is 0 Å². The Morgan fingerprint density at radius 1 is 1.47 bits per heavy atom. The lowest BCUT2D eigenvalue weighted by Gasteiger charge is -2.04. The quantitative estimate of drug-likeness (QED) is 0.349. The normalized spacial score (nSPS) is 15.1. The van der Waals surface area contributed by atoms with Gasteiger partial charge in [-0.2, -0.15) is 5.10 Å². The molecule has 0 bridgehead atoms. The molecule has 1 aromatic carbocycles. The Morgan fingerprint density at radius 2 is 2.21 bits per heavy atom. The lowest BCUT2D eigenvalue weighted by atomic mass is 10.2. The second-order valence-corrected chi connectivity index (χ2v) is 3.66. The van der Waals surface area contributed by atoms with E-state index in [4.69, 9.17) is 0 Å². The lowest BCUT2D eigenvalue weighted by molar-refractivity contribution is -0.384. The Labute approximate surface area is 106 Å². The summed E-state index contributed by atoms with van der Waals surface area (Å²) < 4.78 is 0. The molecule has 9 heteroatoms.